The number of aromatic nitrogens is 2. The molecule has 1 heterocycles. The summed E-state index contributed by atoms with van der Waals surface area (Å²) in [7, 11) is 0. The molecule has 3 aromatic rings. The summed E-state index contributed by atoms with van der Waals surface area (Å²) in [5.74, 6) is 0.585. The highest BCUT2D eigenvalue weighted by atomic mass is 19.1. The highest BCUT2D eigenvalue weighted by Gasteiger charge is 2.11. The largest absolute Gasteiger partial charge is 0.398 e. The van der Waals surface area contributed by atoms with Crippen molar-refractivity contribution in [1.29, 1.82) is 0 Å². The van der Waals surface area contributed by atoms with Crippen LogP contribution in [0.2, 0.25) is 0 Å². The van der Waals surface area contributed by atoms with Gasteiger partial charge in [0.2, 0.25) is 0 Å². The zero-order valence-corrected chi connectivity index (χ0v) is 10.6. The molecule has 0 saturated carbocycles. The zero-order valence-electron chi connectivity index (χ0n) is 10.6. The number of hydrogen-bond donors (Lipinski definition) is 1. The monoisotopic (exact) mass is 269 g/mol. The maximum atomic E-state index is 13.1. The Bertz CT molecular complexity index is 739. The summed E-state index contributed by atoms with van der Waals surface area (Å²) in [6, 6.07) is 13.6. The van der Waals surface area contributed by atoms with E-state index in [2.05, 4.69) is 10.1 Å². The smallest absolute Gasteiger partial charge is 0.260 e. The van der Waals surface area contributed by atoms with Crippen LogP contribution in [0.3, 0.4) is 0 Å². The van der Waals surface area contributed by atoms with Crippen LogP contribution < -0.4 is 5.73 Å². The molecule has 20 heavy (non-hydrogen) atoms. The van der Waals surface area contributed by atoms with Crippen LogP contribution in [0, 0.1) is 5.82 Å². The molecule has 3 rings (SSSR count). The molecule has 0 bridgehead atoms. The second-order valence-corrected chi connectivity index (χ2v) is 4.41. The Morgan fingerprint density at radius 1 is 1.10 bits per heavy atom. The molecule has 0 amide bonds. The van der Waals surface area contributed by atoms with E-state index in [1.54, 1.807) is 12.1 Å². The Balaban J connectivity index is 1.86. The van der Waals surface area contributed by atoms with Crippen LogP contribution in [0.25, 0.3) is 11.5 Å². The van der Waals surface area contributed by atoms with Gasteiger partial charge in [-0.15, -0.1) is 0 Å². The van der Waals surface area contributed by atoms with Crippen LogP contribution in [0.5, 0.6) is 0 Å². The van der Waals surface area contributed by atoms with Crippen molar-refractivity contribution in [3.05, 3.63) is 65.7 Å². The third-order valence-electron chi connectivity index (χ3n) is 2.91. The number of anilines is 1. The van der Waals surface area contributed by atoms with E-state index in [-0.39, 0.29) is 5.82 Å². The van der Waals surface area contributed by atoms with Crippen LogP contribution in [0.15, 0.2) is 53.1 Å². The van der Waals surface area contributed by atoms with Gasteiger partial charge in [0.15, 0.2) is 5.82 Å². The van der Waals surface area contributed by atoms with Gasteiger partial charge in [0.05, 0.1) is 5.56 Å². The van der Waals surface area contributed by atoms with Gasteiger partial charge >= 0.3 is 0 Å². The van der Waals surface area contributed by atoms with E-state index in [9.17, 15) is 4.39 Å². The second-order valence-electron chi connectivity index (χ2n) is 4.41. The van der Waals surface area contributed by atoms with E-state index in [0.29, 0.717) is 29.4 Å². The predicted octanol–water partition coefficient (Wildman–Crippen LogP) is 3.05. The summed E-state index contributed by atoms with van der Waals surface area (Å²) in [6.45, 7) is 0. The Kier molecular flexibility index (Phi) is 3.16. The van der Waals surface area contributed by atoms with Gasteiger partial charge in [-0.25, -0.2) is 4.39 Å². The van der Waals surface area contributed by atoms with Crippen molar-refractivity contribution in [3.63, 3.8) is 0 Å². The van der Waals surface area contributed by atoms with Crippen LogP contribution in [-0.4, -0.2) is 10.1 Å². The molecule has 0 saturated heterocycles. The van der Waals surface area contributed by atoms with Crippen molar-refractivity contribution in [3.8, 4) is 11.5 Å². The fourth-order valence-corrected chi connectivity index (χ4v) is 1.96. The molecule has 0 atom stereocenters. The van der Waals surface area contributed by atoms with E-state index in [4.69, 9.17) is 10.3 Å². The third-order valence-corrected chi connectivity index (χ3v) is 2.91. The lowest BCUT2D eigenvalue weighted by molar-refractivity contribution is 0.424. The molecule has 1 aromatic heterocycles. The van der Waals surface area contributed by atoms with Gasteiger partial charge < -0.3 is 10.3 Å². The summed E-state index contributed by atoms with van der Waals surface area (Å²) >= 11 is 0. The SMILES string of the molecule is Nc1ccccc1-c1nc(Cc2cccc(F)c2)no1. The summed E-state index contributed by atoms with van der Waals surface area (Å²) in [6.07, 6.45) is 0.411. The molecule has 0 fully saturated rings. The van der Waals surface area contributed by atoms with E-state index in [0.717, 1.165) is 5.56 Å². The average Bonchev–Trinajstić information content (AvgIpc) is 2.87. The fraction of sp³-hybridized carbons (Fsp3) is 0.0667. The Hall–Kier alpha value is -2.69. The first-order valence-electron chi connectivity index (χ1n) is 6.14. The van der Waals surface area contributed by atoms with Gasteiger partial charge in [-0.3, -0.25) is 0 Å². The van der Waals surface area contributed by atoms with E-state index in [1.165, 1.54) is 12.1 Å². The van der Waals surface area contributed by atoms with Crippen molar-refractivity contribution < 1.29 is 8.91 Å². The van der Waals surface area contributed by atoms with Crippen LogP contribution in [-0.2, 0) is 6.42 Å². The quantitative estimate of drug-likeness (QED) is 0.742. The number of nitrogen functional groups attached to an aromatic ring is 1. The van der Waals surface area contributed by atoms with Crippen LogP contribution >= 0.6 is 0 Å². The van der Waals surface area contributed by atoms with Crippen molar-refractivity contribution in [1.82, 2.24) is 10.1 Å². The first-order chi connectivity index (χ1) is 9.72. The minimum Gasteiger partial charge on any atom is -0.398 e. The maximum absolute atomic E-state index is 13.1. The van der Waals surface area contributed by atoms with Gasteiger partial charge in [-0.05, 0) is 29.8 Å². The second kappa shape index (κ2) is 5.13. The van der Waals surface area contributed by atoms with Crippen LogP contribution in [0.1, 0.15) is 11.4 Å². The molecule has 0 aliphatic rings. The number of nitrogens with zero attached hydrogens (tertiary/aromatic N) is 2. The van der Waals surface area contributed by atoms with Crippen molar-refractivity contribution >= 4 is 5.69 Å². The molecule has 2 N–H and O–H groups in total. The third kappa shape index (κ3) is 2.51. The highest BCUT2D eigenvalue weighted by Crippen LogP contribution is 2.24. The lowest BCUT2D eigenvalue weighted by Crippen LogP contribution is -1.92. The molecular formula is C15H12FN3O. The molecule has 0 aliphatic carbocycles. The predicted molar refractivity (Wildman–Crippen MR) is 73.4 cm³/mol. The average molecular weight is 269 g/mol. The molecule has 2 aromatic carbocycles. The molecule has 0 radical (unpaired) electrons. The Morgan fingerprint density at radius 2 is 1.95 bits per heavy atom. The molecule has 0 aliphatic heterocycles. The summed E-state index contributed by atoms with van der Waals surface area (Å²) < 4.78 is 18.3. The van der Waals surface area contributed by atoms with E-state index < -0.39 is 0 Å². The van der Waals surface area contributed by atoms with Gasteiger partial charge in [-0.1, -0.05) is 29.4 Å². The molecular weight excluding hydrogens is 257 g/mol. The molecule has 5 heteroatoms. The van der Waals surface area contributed by atoms with Gasteiger partial charge in [0.1, 0.15) is 5.82 Å². The summed E-state index contributed by atoms with van der Waals surface area (Å²) in [5.41, 5.74) is 7.92. The number of para-hydroxylation sites is 1. The number of nitrogens with two attached hydrogens (primary N) is 1. The standard InChI is InChI=1S/C15H12FN3O/c16-11-5-3-4-10(8-11)9-14-18-15(20-19-14)12-6-1-2-7-13(12)17/h1-8H,9,17H2. The molecule has 4 nitrogen and oxygen atoms in total. The van der Waals surface area contributed by atoms with Gasteiger partial charge in [0.25, 0.3) is 5.89 Å². The minimum atomic E-state index is -0.279. The maximum Gasteiger partial charge on any atom is 0.260 e. The normalized spacial score (nSPS) is 10.7. The number of halogens is 1. The first kappa shape index (κ1) is 12.3. The fourth-order valence-electron chi connectivity index (χ4n) is 1.96. The Labute approximate surface area is 115 Å². The van der Waals surface area contributed by atoms with Crippen LogP contribution in [0.4, 0.5) is 10.1 Å². The van der Waals surface area contributed by atoms with Crippen molar-refractivity contribution in [2.75, 3.05) is 5.73 Å². The molecule has 0 unspecified atom stereocenters. The number of hydrogen-bond acceptors (Lipinski definition) is 4. The number of rotatable bonds is 3. The number of benzene rings is 2. The first-order valence-corrected chi connectivity index (χ1v) is 6.14. The summed E-state index contributed by atoms with van der Waals surface area (Å²) in [5, 5.41) is 3.89. The van der Waals surface area contributed by atoms with Crippen molar-refractivity contribution in [2.45, 2.75) is 6.42 Å². The lowest BCUT2D eigenvalue weighted by atomic mass is 10.1. The van der Waals surface area contributed by atoms with Crippen molar-refractivity contribution in [2.24, 2.45) is 0 Å². The Morgan fingerprint density at radius 3 is 2.75 bits per heavy atom. The summed E-state index contributed by atoms with van der Waals surface area (Å²) in [4.78, 5) is 4.29. The molecule has 100 valence electrons. The van der Waals surface area contributed by atoms with Gasteiger partial charge in [-0.2, -0.15) is 4.98 Å². The zero-order chi connectivity index (χ0) is 13.9. The topological polar surface area (TPSA) is 64.9 Å². The van der Waals surface area contributed by atoms with Gasteiger partial charge in [0, 0.05) is 12.1 Å². The van der Waals surface area contributed by atoms with E-state index >= 15 is 0 Å². The van der Waals surface area contributed by atoms with E-state index in [1.807, 2.05) is 24.3 Å². The minimum absolute atomic E-state index is 0.279. The highest BCUT2D eigenvalue weighted by molar-refractivity contribution is 5.69. The lowest BCUT2D eigenvalue weighted by Gasteiger charge is -1.98. The molecule has 0 spiro atoms.